The zero-order valence-corrected chi connectivity index (χ0v) is 20.0. The molecule has 180 valence electrons. The highest BCUT2D eigenvalue weighted by atomic mass is 16.6. The number of carbonyl (C=O) groups excluding carboxylic acids is 2. The van der Waals surface area contributed by atoms with Crippen LogP contribution in [0, 0.1) is 0 Å². The predicted molar refractivity (Wildman–Crippen MR) is 134 cm³/mol. The monoisotopic (exact) mass is 454 g/mol. The number of unbranched alkanes of at least 4 members (excludes halogenated alkanes) is 6. The fourth-order valence-corrected chi connectivity index (χ4v) is 3.48. The van der Waals surface area contributed by atoms with E-state index in [1.807, 2.05) is 48.5 Å². The molecule has 0 aromatic heterocycles. The van der Waals surface area contributed by atoms with Gasteiger partial charge in [0, 0.05) is 17.8 Å². The van der Waals surface area contributed by atoms with Gasteiger partial charge in [0.15, 0.2) is 0 Å². The van der Waals surface area contributed by atoms with Crippen molar-refractivity contribution >= 4 is 23.6 Å². The Morgan fingerprint density at radius 1 is 0.636 bits per heavy atom. The molecule has 0 unspecified atom stereocenters. The number of benzene rings is 2. The summed E-state index contributed by atoms with van der Waals surface area (Å²) in [5.74, 6) is 0. The molecule has 0 heterocycles. The first-order valence-electron chi connectivity index (χ1n) is 12.2. The van der Waals surface area contributed by atoms with Gasteiger partial charge < -0.3 is 9.47 Å². The molecule has 0 saturated carbocycles. The average molecular weight is 455 g/mol. The van der Waals surface area contributed by atoms with E-state index >= 15 is 0 Å². The van der Waals surface area contributed by atoms with Crippen LogP contribution in [-0.4, -0.2) is 25.4 Å². The summed E-state index contributed by atoms with van der Waals surface area (Å²) in [5.41, 5.74) is 3.26. The first kappa shape index (κ1) is 26.2. The summed E-state index contributed by atoms with van der Waals surface area (Å²) in [6.07, 6.45) is 8.10. The Balaban J connectivity index is 1.94. The van der Waals surface area contributed by atoms with Gasteiger partial charge in [-0.3, -0.25) is 10.6 Å². The second-order valence-electron chi connectivity index (χ2n) is 8.13. The fraction of sp³-hybridized carbons (Fsp3) is 0.481. The van der Waals surface area contributed by atoms with E-state index in [1.54, 1.807) is 0 Å². The van der Waals surface area contributed by atoms with Gasteiger partial charge in [-0.15, -0.1) is 0 Å². The van der Waals surface area contributed by atoms with Gasteiger partial charge in [0.05, 0.1) is 13.2 Å². The molecule has 0 aliphatic heterocycles. The molecule has 2 aromatic rings. The third-order valence-corrected chi connectivity index (χ3v) is 5.35. The van der Waals surface area contributed by atoms with Crippen molar-refractivity contribution in [2.24, 2.45) is 0 Å². The molecule has 0 aliphatic rings. The molecule has 0 spiro atoms. The van der Waals surface area contributed by atoms with Crippen LogP contribution in [0.25, 0.3) is 0 Å². The van der Waals surface area contributed by atoms with E-state index in [9.17, 15) is 9.59 Å². The molecule has 0 atom stereocenters. The van der Waals surface area contributed by atoms with E-state index in [2.05, 4.69) is 24.5 Å². The van der Waals surface area contributed by atoms with Crippen molar-refractivity contribution in [1.29, 1.82) is 0 Å². The predicted octanol–water partition coefficient (Wildman–Crippen LogP) is 7.54. The lowest BCUT2D eigenvalue weighted by Crippen LogP contribution is -2.17. The average Bonchev–Trinajstić information content (AvgIpc) is 2.81. The Morgan fingerprint density at radius 3 is 1.48 bits per heavy atom. The molecule has 6 heteroatoms. The molecule has 0 bridgehead atoms. The normalized spacial score (nSPS) is 10.5. The number of para-hydroxylation sites is 2. The molecular formula is C27H38N2O4. The maximum absolute atomic E-state index is 12.2. The van der Waals surface area contributed by atoms with Crippen LogP contribution in [0.15, 0.2) is 48.5 Å². The van der Waals surface area contributed by atoms with Crippen molar-refractivity contribution in [2.75, 3.05) is 23.8 Å². The molecule has 2 rings (SSSR count). The minimum Gasteiger partial charge on any atom is -0.449 e. The zero-order chi connectivity index (χ0) is 23.7. The highest BCUT2D eigenvalue weighted by Gasteiger charge is 2.12. The molecule has 2 aromatic carbocycles. The molecule has 0 aliphatic carbocycles. The summed E-state index contributed by atoms with van der Waals surface area (Å²) in [4.78, 5) is 24.4. The number of ether oxygens (including phenoxy) is 2. The Kier molecular flexibility index (Phi) is 12.5. The first-order valence-corrected chi connectivity index (χ1v) is 12.2. The van der Waals surface area contributed by atoms with Crippen LogP contribution in [0.2, 0.25) is 0 Å². The highest BCUT2D eigenvalue weighted by molar-refractivity contribution is 5.87. The number of anilines is 2. The number of carbonyl (C=O) groups is 2. The van der Waals surface area contributed by atoms with E-state index < -0.39 is 12.2 Å². The first-order chi connectivity index (χ1) is 16.1. The van der Waals surface area contributed by atoms with Gasteiger partial charge >= 0.3 is 12.2 Å². The van der Waals surface area contributed by atoms with E-state index in [0.717, 1.165) is 62.5 Å². The van der Waals surface area contributed by atoms with Gasteiger partial charge in [-0.2, -0.15) is 0 Å². The maximum atomic E-state index is 12.2. The third kappa shape index (κ3) is 10.4. The Morgan fingerprint density at radius 2 is 1.06 bits per heavy atom. The van der Waals surface area contributed by atoms with Crippen LogP contribution in [0.1, 0.15) is 76.3 Å². The number of hydrogen-bond acceptors (Lipinski definition) is 4. The van der Waals surface area contributed by atoms with Crippen LogP contribution in [-0.2, 0) is 15.9 Å². The van der Waals surface area contributed by atoms with Crippen molar-refractivity contribution in [3.8, 4) is 0 Å². The Bertz CT molecular complexity index is 784. The van der Waals surface area contributed by atoms with Crippen molar-refractivity contribution < 1.29 is 19.1 Å². The molecule has 6 nitrogen and oxygen atoms in total. The summed E-state index contributed by atoms with van der Waals surface area (Å²) >= 11 is 0. The van der Waals surface area contributed by atoms with Crippen LogP contribution >= 0.6 is 0 Å². The number of hydrogen-bond donors (Lipinski definition) is 2. The minimum atomic E-state index is -0.447. The molecule has 0 saturated heterocycles. The number of nitrogens with one attached hydrogen (secondary N) is 2. The Labute approximate surface area is 198 Å². The van der Waals surface area contributed by atoms with Gasteiger partial charge in [-0.1, -0.05) is 88.8 Å². The lowest BCUT2D eigenvalue weighted by Gasteiger charge is -2.14. The van der Waals surface area contributed by atoms with Gasteiger partial charge in [0.2, 0.25) is 0 Å². The number of rotatable bonds is 14. The van der Waals surface area contributed by atoms with Crippen molar-refractivity contribution in [3.05, 3.63) is 59.7 Å². The van der Waals surface area contributed by atoms with Gasteiger partial charge in [0.1, 0.15) is 0 Å². The van der Waals surface area contributed by atoms with Crippen molar-refractivity contribution in [1.82, 2.24) is 0 Å². The van der Waals surface area contributed by atoms with E-state index in [4.69, 9.17) is 9.47 Å². The zero-order valence-electron chi connectivity index (χ0n) is 20.0. The number of amides is 2. The topological polar surface area (TPSA) is 76.7 Å². The molecule has 0 radical (unpaired) electrons. The molecule has 2 amide bonds. The van der Waals surface area contributed by atoms with Crippen molar-refractivity contribution in [2.45, 2.75) is 71.6 Å². The van der Waals surface area contributed by atoms with Gasteiger partial charge in [0.25, 0.3) is 0 Å². The maximum Gasteiger partial charge on any atom is 0.411 e. The lowest BCUT2D eigenvalue weighted by atomic mass is 10.0. The van der Waals surface area contributed by atoms with Gasteiger partial charge in [-0.05, 0) is 36.1 Å². The van der Waals surface area contributed by atoms with Crippen LogP contribution < -0.4 is 10.6 Å². The quantitative estimate of drug-likeness (QED) is 0.289. The summed E-state index contributed by atoms with van der Waals surface area (Å²) in [6.45, 7) is 5.13. The summed E-state index contributed by atoms with van der Waals surface area (Å²) in [7, 11) is 0. The standard InChI is InChI=1S/C27H38N2O4/c1-3-5-7-13-19-32-26(30)28-24-17-11-9-15-22(24)21-23-16-10-12-18-25(23)29-27(31)33-20-14-8-6-4-2/h9-12,15-18H,3-8,13-14,19-21H2,1-2H3,(H,28,30)(H,29,31). The van der Waals surface area contributed by atoms with Crippen LogP contribution in [0.4, 0.5) is 21.0 Å². The second kappa shape index (κ2) is 15.7. The minimum absolute atomic E-state index is 0.418. The summed E-state index contributed by atoms with van der Waals surface area (Å²) in [5, 5.41) is 5.71. The highest BCUT2D eigenvalue weighted by Crippen LogP contribution is 2.24. The summed E-state index contributed by atoms with van der Waals surface area (Å²) in [6, 6.07) is 15.2. The molecule has 33 heavy (non-hydrogen) atoms. The van der Waals surface area contributed by atoms with E-state index in [1.165, 1.54) is 0 Å². The fourth-order valence-electron chi connectivity index (χ4n) is 3.48. The summed E-state index contributed by atoms with van der Waals surface area (Å²) < 4.78 is 10.6. The van der Waals surface area contributed by atoms with Crippen LogP contribution in [0.5, 0.6) is 0 Å². The molecule has 2 N–H and O–H groups in total. The SMILES string of the molecule is CCCCCCOC(=O)Nc1ccccc1Cc1ccccc1NC(=O)OCCCCCC. The van der Waals surface area contributed by atoms with E-state index in [0.29, 0.717) is 31.0 Å². The molecular weight excluding hydrogens is 416 g/mol. The van der Waals surface area contributed by atoms with Gasteiger partial charge in [-0.25, -0.2) is 9.59 Å². The van der Waals surface area contributed by atoms with Crippen molar-refractivity contribution in [3.63, 3.8) is 0 Å². The third-order valence-electron chi connectivity index (χ3n) is 5.35. The Hall–Kier alpha value is -3.02. The van der Waals surface area contributed by atoms with E-state index in [-0.39, 0.29) is 0 Å². The lowest BCUT2D eigenvalue weighted by molar-refractivity contribution is 0.158. The largest absolute Gasteiger partial charge is 0.449 e. The second-order valence-corrected chi connectivity index (χ2v) is 8.13. The van der Waals surface area contributed by atoms with Crippen LogP contribution in [0.3, 0.4) is 0 Å². The smallest absolute Gasteiger partial charge is 0.411 e. The molecule has 0 fully saturated rings.